The molecule has 0 saturated heterocycles. The number of anilines is 6. The molecule has 3 aromatic heterocycles. The standard InChI is InChI=1S/C71H49N3O2/c1-42-22-5-13-32-54(42)72(55-33-14-6-23-43(55)2)60-40-52-66(64-48-27-10-19-38-62(48)75-69(60)64)67-53(71(52)50-30-12-18-37-59(50)74-58-36-17-9-26-46(58)47-29-21-31-51(71)68(47)74)41-61(70-65(67)49-28-11-20-39-63(49)76-70)73(56-34-15-7-24-44(56)3)57-35-16-8-25-45(57)4/h5-41H,1-4H3. The largest absolute Gasteiger partial charge is 0.454 e. The molecule has 2 aliphatic rings. The normalized spacial score (nSPS) is 13.1. The first-order valence-corrected chi connectivity index (χ1v) is 26.3. The number of aryl methyl sites for hydroxylation is 4. The lowest BCUT2D eigenvalue weighted by Crippen LogP contribution is -2.34. The number of rotatable bonds is 6. The Hall–Kier alpha value is -9.58. The lowest BCUT2D eigenvalue weighted by atomic mass is 9.65. The maximum atomic E-state index is 7.43. The van der Waals surface area contributed by atoms with Crippen LogP contribution in [0.4, 0.5) is 34.1 Å². The van der Waals surface area contributed by atoms with E-state index in [1.165, 1.54) is 44.1 Å². The van der Waals surface area contributed by atoms with Crippen molar-refractivity contribution in [3.8, 4) is 16.8 Å². The van der Waals surface area contributed by atoms with Gasteiger partial charge in [-0.1, -0.05) is 164 Å². The van der Waals surface area contributed by atoms with Crippen LogP contribution in [0.1, 0.15) is 44.5 Å². The Morgan fingerprint density at radius 2 is 0.737 bits per heavy atom. The summed E-state index contributed by atoms with van der Waals surface area (Å²) in [5, 5.41) is 6.75. The van der Waals surface area contributed by atoms with Gasteiger partial charge in [-0.2, -0.15) is 0 Å². The molecule has 14 aromatic rings. The topological polar surface area (TPSA) is 37.7 Å². The van der Waals surface area contributed by atoms with Crippen molar-refractivity contribution >= 4 is 99.8 Å². The highest BCUT2D eigenvalue weighted by Gasteiger charge is 2.54. The van der Waals surface area contributed by atoms with Crippen LogP contribution in [0.5, 0.6) is 0 Å². The van der Waals surface area contributed by atoms with E-state index >= 15 is 0 Å². The van der Waals surface area contributed by atoms with Crippen molar-refractivity contribution in [2.75, 3.05) is 9.80 Å². The Balaban J connectivity index is 1.19. The summed E-state index contributed by atoms with van der Waals surface area (Å²) in [6.45, 7) is 8.87. The highest BCUT2D eigenvalue weighted by atomic mass is 16.3. The van der Waals surface area contributed by atoms with Crippen LogP contribution in [0.2, 0.25) is 0 Å². The highest BCUT2D eigenvalue weighted by Crippen LogP contribution is 2.67. The van der Waals surface area contributed by atoms with Crippen molar-refractivity contribution in [3.05, 3.63) is 269 Å². The molecule has 1 aliphatic heterocycles. The number of hydrogen-bond donors (Lipinski definition) is 0. The summed E-state index contributed by atoms with van der Waals surface area (Å²) in [5.74, 6) is 0. The van der Waals surface area contributed by atoms with Gasteiger partial charge in [0.05, 0.1) is 33.5 Å². The maximum Gasteiger partial charge on any atom is 0.160 e. The van der Waals surface area contributed by atoms with Crippen molar-refractivity contribution in [2.24, 2.45) is 0 Å². The molecule has 4 heterocycles. The average molecular weight is 976 g/mol. The summed E-state index contributed by atoms with van der Waals surface area (Å²) in [4.78, 5) is 4.93. The Morgan fingerprint density at radius 3 is 1.24 bits per heavy atom. The first-order chi connectivity index (χ1) is 37.4. The smallest absolute Gasteiger partial charge is 0.160 e. The van der Waals surface area contributed by atoms with Crippen molar-refractivity contribution in [1.82, 2.24) is 4.57 Å². The van der Waals surface area contributed by atoms with Gasteiger partial charge in [0.15, 0.2) is 11.2 Å². The third-order valence-corrected chi connectivity index (χ3v) is 16.9. The molecule has 0 radical (unpaired) electrons. The minimum atomic E-state index is -0.889. The molecule has 0 amide bonds. The van der Waals surface area contributed by atoms with E-state index < -0.39 is 5.41 Å². The fourth-order valence-electron chi connectivity index (χ4n) is 13.7. The molecule has 16 rings (SSSR count). The van der Waals surface area contributed by atoms with Gasteiger partial charge in [0.25, 0.3) is 0 Å². The van der Waals surface area contributed by atoms with Crippen LogP contribution in [-0.2, 0) is 5.41 Å². The predicted molar refractivity (Wildman–Crippen MR) is 315 cm³/mol. The van der Waals surface area contributed by atoms with Crippen molar-refractivity contribution < 1.29 is 8.83 Å². The second-order valence-electron chi connectivity index (χ2n) is 20.9. The third-order valence-electron chi connectivity index (χ3n) is 16.9. The first kappa shape index (κ1) is 42.9. The van der Waals surface area contributed by atoms with Crippen LogP contribution in [0.3, 0.4) is 0 Å². The minimum absolute atomic E-state index is 0.831. The molecule has 5 heteroatoms. The molecule has 1 aliphatic carbocycles. The van der Waals surface area contributed by atoms with Gasteiger partial charge in [-0.15, -0.1) is 0 Å². The number of hydrogen-bond acceptors (Lipinski definition) is 4. The van der Waals surface area contributed by atoms with E-state index in [0.29, 0.717) is 0 Å². The minimum Gasteiger partial charge on any atom is -0.454 e. The van der Waals surface area contributed by atoms with Gasteiger partial charge in [-0.05, 0) is 144 Å². The monoisotopic (exact) mass is 975 g/mol. The van der Waals surface area contributed by atoms with E-state index in [9.17, 15) is 0 Å². The number of fused-ring (bicyclic) bond motifs is 20. The Kier molecular flexibility index (Phi) is 8.87. The predicted octanol–water partition coefficient (Wildman–Crippen LogP) is 19.4. The lowest BCUT2D eigenvalue weighted by Gasteiger charge is -2.40. The van der Waals surface area contributed by atoms with Crippen molar-refractivity contribution in [2.45, 2.75) is 33.1 Å². The summed E-state index contributed by atoms with van der Waals surface area (Å²) < 4.78 is 17.4. The summed E-state index contributed by atoms with van der Waals surface area (Å²) in [6.07, 6.45) is 0. The fraction of sp³-hybridized carbons (Fsp3) is 0.0704. The Bertz CT molecular complexity index is 4490. The van der Waals surface area contributed by atoms with Crippen LogP contribution in [0.15, 0.2) is 233 Å². The van der Waals surface area contributed by atoms with E-state index in [0.717, 1.165) is 117 Å². The van der Waals surface area contributed by atoms with Gasteiger partial charge in [-0.3, -0.25) is 0 Å². The molecule has 1 spiro atoms. The second-order valence-corrected chi connectivity index (χ2v) is 20.9. The second kappa shape index (κ2) is 15.7. The van der Waals surface area contributed by atoms with Crippen LogP contribution >= 0.6 is 0 Å². The van der Waals surface area contributed by atoms with Crippen LogP contribution in [0.25, 0.3) is 82.5 Å². The number of nitrogens with zero attached hydrogens (tertiary/aromatic N) is 3. The van der Waals surface area contributed by atoms with Gasteiger partial charge >= 0.3 is 0 Å². The van der Waals surface area contributed by atoms with E-state index in [2.05, 4.69) is 267 Å². The molecule has 11 aromatic carbocycles. The summed E-state index contributed by atoms with van der Waals surface area (Å²) >= 11 is 0. The van der Waals surface area contributed by atoms with Crippen molar-refractivity contribution in [3.63, 3.8) is 0 Å². The van der Waals surface area contributed by atoms with Gasteiger partial charge in [0.1, 0.15) is 11.2 Å². The average Bonchev–Trinajstić information content (AvgIpc) is 4.10. The van der Waals surface area contributed by atoms with E-state index in [1.54, 1.807) is 0 Å². The molecule has 360 valence electrons. The number of benzene rings is 11. The zero-order valence-electron chi connectivity index (χ0n) is 42.5. The fourth-order valence-corrected chi connectivity index (χ4v) is 13.7. The molecule has 0 N–H and O–H groups in total. The van der Waals surface area contributed by atoms with Crippen LogP contribution in [-0.4, -0.2) is 4.57 Å². The number of aromatic nitrogens is 1. The molecule has 0 saturated carbocycles. The van der Waals surface area contributed by atoms with Crippen molar-refractivity contribution in [1.29, 1.82) is 0 Å². The zero-order chi connectivity index (χ0) is 50.6. The van der Waals surface area contributed by atoms with Gasteiger partial charge in [0, 0.05) is 55.1 Å². The van der Waals surface area contributed by atoms with Crippen LogP contribution in [0, 0.1) is 27.7 Å². The zero-order valence-corrected chi connectivity index (χ0v) is 42.5. The maximum absolute atomic E-state index is 7.43. The van der Waals surface area contributed by atoms with Gasteiger partial charge in [-0.25, -0.2) is 0 Å². The molecular formula is C71H49N3O2. The van der Waals surface area contributed by atoms with Crippen LogP contribution < -0.4 is 9.80 Å². The third kappa shape index (κ3) is 5.53. The highest BCUT2D eigenvalue weighted by molar-refractivity contribution is 6.28. The molecule has 76 heavy (non-hydrogen) atoms. The Morgan fingerprint density at radius 1 is 0.342 bits per heavy atom. The molecule has 0 atom stereocenters. The summed E-state index contributed by atoms with van der Waals surface area (Å²) in [7, 11) is 0. The molecule has 0 bridgehead atoms. The summed E-state index contributed by atoms with van der Waals surface area (Å²) in [6, 6.07) is 82.5. The van der Waals surface area contributed by atoms with E-state index in [4.69, 9.17) is 8.83 Å². The number of furan rings is 2. The first-order valence-electron chi connectivity index (χ1n) is 26.3. The molecular weight excluding hydrogens is 927 g/mol. The molecule has 0 unspecified atom stereocenters. The Labute approximate surface area is 439 Å². The van der Waals surface area contributed by atoms with E-state index in [1.807, 2.05) is 0 Å². The lowest BCUT2D eigenvalue weighted by molar-refractivity contribution is 0.668. The van der Waals surface area contributed by atoms with Gasteiger partial charge in [0.2, 0.25) is 0 Å². The summed E-state index contributed by atoms with van der Waals surface area (Å²) in [5.41, 5.74) is 24.1. The van der Waals surface area contributed by atoms with Gasteiger partial charge < -0.3 is 23.2 Å². The SMILES string of the molecule is Cc1ccccc1N(c1ccccc1C)c1cc2c(c3c1oc1ccccc13)-c1c(cc(N(c3ccccc3C)c3ccccc3C)c3oc4ccccc4c13)C21c2ccccc2-n2c3ccccc3c3cccc1c32. The van der Waals surface area contributed by atoms with E-state index in [-0.39, 0.29) is 0 Å². The molecule has 0 fully saturated rings. The molecule has 5 nitrogen and oxygen atoms in total. The quantitative estimate of drug-likeness (QED) is 0.166. The number of para-hydroxylation sites is 9.